The summed E-state index contributed by atoms with van der Waals surface area (Å²) in [6.07, 6.45) is 0. The molecule has 0 unspecified atom stereocenters. The Hall–Kier alpha value is -2.35. The Labute approximate surface area is 207 Å². The van der Waals surface area contributed by atoms with Crippen molar-refractivity contribution in [3.63, 3.8) is 0 Å². The molecule has 186 valence electrons. The van der Waals surface area contributed by atoms with Crippen molar-refractivity contribution in [3.8, 4) is 0 Å². The number of hydrogen-bond donors (Lipinski definition) is 0. The van der Waals surface area contributed by atoms with Gasteiger partial charge in [-0.25, -0.2) is 0 Å². The standard InChI is InChI=1S/C26H36ClN3O4/c1-21-9-10-23(34-21)18-30(17-22-7-5-4-6-8-22)24(31)19-29(25(32)26(2,3)20-27)12-11-28-13-15-33-16-14-28/h4-10H,11-20H2,1-3H3. The van der Waals surface area contributed by atoms with Gasteiger partial charge in [-0.1, -0.05) is 30.3 Å². The Bertz CT molecular complexity index is 925. The second-order valence-electron chi connectivity index (χ2n) is 9.45. The van der Waals surface area contributed by atoms with E-state index in [2.05, 4.69) is 4.90 Å². The third-order valence-corrected chi connectivity index (χ3v) is 6.70. The molecule has 1 fully saturated rings. The van der Waals surface area contributed by atoms with Crippen LogP contribution in [0, 0.1) is 12.3 Å². The van der Waals surface area contributed by atoms with E-state index in [4.69, 9.17) is 20.8 Å². The largest absolute Gasteiger partial charge is 0.464 e. The summed E-state index contributed by atoms with van der Waals surface area (Å²) in [5.74, 6) is 1.46. The fourth-order valence-corrected chi connectivity index (χ4v) is 4.00. The summed E-state index contributed by atoms with van der Waals surface area (Å²) >= 11 is 6.11. The summed E-state index contributed by atoms with van der Waals surface area (Å²) in [5.41, 5.74) is 0.265. The van der Waals surface area contributed by atoms with Crippen LogP contribution in [-0.2, 0) is 27.4 Å². The van der Waals surface area contributed by atoms with Gasteiger partial charge in [-0.15, -0.1) is 11.6 Å². The lowest BCUT2D eigenvalue weighted by Crippen LogP contribution is -2.50. The lowest BCUT2D eigenvalue weighted by Gasteiger charge is -2.34. The van der Waals surface area contributed by atoms with Gasteiger partial charge in [0.1, 0.15) is 11.5 Å². The number of benzene rings is 1. The first-order valence-corrected chi connectivity index (χ1v) is 12.3. The molecule has 7 nitrogen and oxygen atoms in total. The van der Waals surface area contributed by atoms with E-state index in [9.17, 15) is 9.59 Å². The van der Waals surface area contributed by atoms with Crippen molar-refractivity contribution in [3.05, 3.63) is 59.5 Å². The molecule has 1 saturated heterocycles. The fraction of sp³-hybridized carbons (Fsp3) is 0.538. The van der Waals surface area contributed by atoms with Crippen LogP contribution in [0.2, 0.25) is 0 Å². The fourth-order valence-electron chi connectivity index (χ4n) is 3.88. The number of halogens is 1. The molecule has 1 aliphatic rings. The van der Waals surface area contributed by atoms with Gasteiger partial charge in [0.15, 0.2) is 0 Å². The minimum Gasteiger partial charge on any atom is -0.464 e. The van der Waals surface area contributed by atoms with Gasteiger partial charge in [0.05, 0.1) is 31.7 Å². The van der Waals surface area contributed by atoms with E-state index in [1.54, 1.807) is 9.80 Å². The van der Waals surface area contributed by atoms with E-state index in [0.29, 0.717) is 45.2 Å². The predicted octanol–water partition coefficient (Wildman–Crippen LogP) is 3.54. The van der Waals surface area contributed by atoms with Gasteiger partial charge in [-0.05, 0) is 38.5 Å². The highest BCUT2D eigenvalue weighted by atomic mass is 35.5. The van der Waals surface area contributed by atoms with Gasteiger partial charge in [0, 0.05) is 38.6 Å². The molecule has 0 bridgehead atoms. The Kier molecular flexibility index (Phi) is 9.56. The number of carbonyl (C=O) groups is 2. The summed E-state index contributed by atoms with van der Waals surface area (Å²) < 4.78 is 11.2. The van der Waals surface area contributed by atoms with Crippen LogP contribution in [-0.4, -0.2) is 78.3 Å². The van der Waals surface area contributed by atoms with Gasteiger partial charge >= 0.3 is 0 Å². The minimum absolute atomic E-state index is 0.00395. The molecule has 2 aromatic rings. The third kappa shape index (κ3) is 7.58. The SMILES string of the molecule is Cc1ccc(CN(Cc2ccccc2)C(=O)CN(CCN2CCOCC2)C(=O)C(C)(C)CCl)o1. The van der Waals surface area contributed by atoms with Crippen LogP contribution in [0.5, 0.6) is 0 Å². The number of morpholine rings is 1. The maximum Gasteiger partial charge on any atom is 0.242 e. The zero-order valence-corrected chi connectivity index (χ0v) is 21.2. The number of ether oxygens (including phenoxy) is 1. The number of aryl methyl sites for hydroxylation is 1. The van der Waals surface area contributed by atoms with Crippen LogP contribution in [0.1, 0.15) is 30.9 Å². The predicted molar refractivity (Wildman–Crippen MR) is 132 cm³/mol. The average Bonchev–Trinajstić information content (AvgIpc) is 3.26. The Morgan fingerprint density at radius 1 is 1.03 bits per heavy atom. The van der Waals surface area contributed by atoms with Crippen molar-refractivity contribution in [1.29, 1.82) is 0 Å². The maximum atomic E-state index is 13.6. The third-order valence-electron chi connectivity index (χ3n) is 6.03. The highest BCUT2D eigenvalue weighted by Crippen LogP contribution is 2.21. The second kappa shape index (κ2) is 12.4. The molecule has 0 atom stereocenters. The first-order valence-electron chi connectivity index (χ1n) is 11.8. The van der Waals surface area contributed by atoms with Gasteiger partial charge in [0.25, 0.3) is 0 Å². The van der Waals surface area contributed by atoms with Crippen LogP contribution >= 0.6 is 11.6 Å². The van der Waals surface area contributed by atoms with Gasteiger partial charge in [0.2, 0.25) is 11.8 Å². The molecular weight excluding hydrogens is 454 g/mol. The van der Waals surface area contributed by atoms with E-state index < -0.39 is 5.41 Å². The van der Waals surface area contributed by atoms with E-state index >= 15 is 0 Å². The van der Waals surface area contributed by atoms with Crippen molar-refractivity contribution < 1.29 is 18.7 Å². The van der Waals surface area contributed by atoms with Crippen LogP contribution in [0.25, 0.3) is 0 Å². The molecule has 34 heavy (non-hydrogen) atoms. The number of carbonyl (C=O) groups excluding carboxylic acids is 2. The molecule has 1 aromatic carbocycles. The topological polar surface area (TPSA) is 66.2 Å². The normalized spacial score (nSPS) is 14.7. The monoisotopic (exact) mass is 489 g/mol. The number of hydrogen-bond acceptors (Lipinski definition) is 5. The van der Waals surface area contributed by atoms with Crippen molar-refractivity contribution in [2.45, 2.75) is 33.9 Å². The molecule has 8 heteroatoms. The Balaban J connectivity index is 1.76. The van der Waals surface area contributed by atoms with Crippen molar-refractivity contribution in [2.24, 2.45) is 5.41 Å². The van der Waals surface area contributed by atoms with E-state index in [-0.39, 0.29) is 24.2 Å². The smallest absolute Gasteiger partial charge is 0.242 e. The molecule has 2 amide bonds. The number of alkyl halides is 1. The number of rotatable bonds is 11. The first-order chi connectivity index (χ1) is 16.3. The van der Waals surface area contributed by atoms with Crippen molar-refractivity contribution >= 4 is 23.4 Å². The molecular formula is C26H36ClN3O4. The van der Waals surface area contributed by atoms with E-state index in [0.717, 1.165) is 24.4 Å². The minimum atomic E-state index is -0.755. The van der Waals surface area contributed by atoms with Crippen molar-refractivity contribution in [1.82, 2.24) is 14.7 Å². The first kappa shape index (κ1) is 26.3. The number of amides is 2. The summed E-state index contributed by atoms with van der Waals surface area (Å²) in [7, 11) is 0. The zero-order valence-electron chi connectivity index (χ0n) is 20.5. The Morgan fingerprint density at radius 2 is 1.74 bits per heavy atom. The van der Waals surface area contributed by atoms with E-state index in [1.165, 1.54) is 0 Å². The number of furan rings is 1. The molecule has 2 heterocycles. The van der Waals surface area contributed by atoms with Crippen LogP contribution in [0.15, 0.2) is 46.9 Å². The molecule has 1 aliphatic heterocycles. The van der Waals surface area contributed by atoms with Crippen LogP contribution in [0.4, 0.5) is 0 Å². The molecule has 1 aromatic heterocycles. The van der Waals surface area contributed by atoms with Crippen molar-refractivity contribution in [2.75, 3.05) is 51.8 Å². The second-order valence-corrected chi connectivity index (χ2v) is 9.71. The van der Waals surface area contributed by atoms with Crippen LogP contribution in [0.3, 0.4) is 0 Å². The summed E-state index contributed by atoms with van der Waals surface area (Å²) in [6.45, 7) is 10.5. The van der Waals surface area contributed by atoms with Gasteiger partial charge < -0.3 is 19.0 Å². The Morgan fingerprint density at radius 3 is 2.35 bits per heavy atom. The summed E-state index contributed by atoms with van der Waals surface area (Å²) in [6, 6.07) is 13.6. The molecule has 0 saturated carbocycles. The lowest BCUT2D eigenvalue weighted by atomic mass is 9.94. The van der Waals surface area contributed by atoms with E-state index in [1.807, 2.05) is 63.2 Å². The highest BCUT2D eigenvalue weighted by molar-refractivity contribution is 6.19. The van der Waals surface area contributed by atoms with Gasteiger partial charge in [-0.2, -0.15) is 0 Å². The highest BCUT2D eigenvalue weighted by Gasteiger charge is 2.33. The lowest BCUT2D eigenvalue weighted by molar-refractivity contribution is -0.146. The molecule has 0 aliphatic carbocycles. The van der Waals surface area contributed by atoms with Crippen LogP contribution < -0.4 is 0 Å². The molecule has 0 radical (unpaired) electrons. The molecule has 0 N–H and O–H groups in total. The average molecular weight is 490 g/mol. The maximum absolute atomic E-state index is 13.6. The summed E-state index contributed by atoms with van der Waals surface area (Å²) in [4.78, 5) is 32.6. The quantitative estimate of drug-likeness (QED) is 0.452. The van der Waals surface area contributed by atoms with Gasteiger partial charge in [-0.3, -0.25) is 14.5 Å². The number of nitrogens with zero attached hydrogens (tertiary/aromatic N) is 3. The molecule has 0 spiro atoms. The molecule has 3 rings (SSSR count). The zero-order chi connectivity index (χ0) is 24.6. The summed E-state index contributed by atoms with van der Waals surface area (Å²) in [5, 5.41) is 0.